The van der Waals surface area contributed by atoms with E-state index in [1.165, 1.54) is 22.3 Å². The van der Waals surface area contributed by atoms with Crippen LogP contribution in [0.25, 0.3) is 10.4 Å². The van der Waals surface area contributed by atoms with Gasteiger partial charge in [0.15, 0.2) is 0 Å². The van der Waals surface area contributed by atoms with Gasteiger partial charge in [-0.15, -0.1) is 0 Å². The van der Waals surface area contributed by atoms with Gasteiger partial charge in [0.1, 0.15) is 5.75 Å². The second-order valence-corrected chi connectivity index (χ2v) is 12.8. The SMILES string of the molecule is C.C.CC(C)(C)c1ccc(N=[N+]=[N-])cc1.Cc1cc(C(C)(C)C)cc(C)c1O.Cc1ccc(C(C)(C)C)cc1. The van der Waals surface area contributed by atoms with Gasteiger partial charge in [-0.3, -0.25) is 0 Å². The van der Waals surface area contributed by atoms with E-state index in [0.29, 0.717) is 11.4 Å². The number of hydrogen-bond donors (Lipinski definition) is 1. The van der Waals surface area contributed by atoms with Crippen molar-refractivity contribution < 1.29 is 5.11 Å². The first-order chi connectivity index (χ1) is 16.9. The van der Waals surface area contributed by atoms with Crippen molar-refractivity contribution in [2.45, 2.75) is 114 Å². The first kappa shape index (κ1) is 37.9. The van der Waals surface area contributed by atoms with E-state index in [1.807, 2.05) is 38.1 Å². The minimum atomic E-state index is 0. The van der Waals surface area contributed by atoms with Gasteiger partial charge in [-0.2, -0.15) is 0 Å². The van der Waals surface area contributed by atoms with Crippen molar-refractivity contribution in [3.8, 4) is 5.75 Å². The minimum Gasteiger partial charge on any atom is -0.507 e. The summed E-state index contributed by atoms with van der Waals surface area (Å²) in [5.41, 5.74) is 16.6. The normalized spacial score (nSPS) is 10.8. The number of azide groups is 1. The fourth-order valence-electron chi connectivity index (χ4n) is 3.52. The molecule has 1 N–H and O–H groups in total. The van der Waals surface area contributed by atoms with Gasteiger partial charge in [-0.1, -0.05) is 149 Å². The smallest absolute Gasteiger partial charge is 0.121 e. The predicted molar refractivity (Wildman–Crippen MR) is 174 cm³/mol. The molecule has 0 amide bonds. The highest BCUT2D eigenvalue weighted by atomic mass is 16.3. The van der Waals surface area contributed by atoms with E-state index >= 15 is 0 Å². The van der Waals surface area contributed by atoms with Crippen LogP contribution in [0.5, 0.6) is 5.75 Å². The van der Waals surface area contributed by atoms with Crippen molar-refractivity contribution in [1.82, 2.24) is 0 Å². The molecule has 0 aliphatic carbocycles. The van der Waals surface area contributed by atoms with Crippen LogP contribution in [-0.2, 0) is 16.2 Å². The van der Waals surface area contributed by atoms with Crippen LogP contribution >= 0.6 is 0 Å². The molecule has 0 saturated heterocycles. The number of hydrogen-bond acceptors (Lipinski definition) is 2. The van der Waals surface area contributed by atoms with Gasteiger partial charge >= 0.3 is 0 Å². The van der Waals surface area contributed by atoms with Crippen LogP contribution in [0.2, 0.25) is 0 Å². The molecule has 0 atom stereocenters. The Morgan fingerprint density at radius 1 is 0.590 bits per heavy atom. The molecule has 3 aromatic rings. The summed E-state index contributed by atoms with van der Waals surface area (Å²) in [7, 11) is 0. The number of benzene rings is 3. The first-order valence-electron chi connectivity index (χ1n) is 12.9. The van der Waals surface area contributed by atoms with E-state index in [9.17, 15) is 5.11 Å². The second-order valence-electron chi connectivity index (χ2n) is 12.8. The van der Waals surface area contributed by atoms with Crippen molar-refractivity contribution in [3.63, 3.8) is 0 Å². The Labute approximate surface area is 240 Å². The summed E-state index contributed by atoms with van der Waals surface area (Å²) in [6, 6.07) is 20.5. The van der Waals surface area contributed by atoms with E-state index < -0.39 is 0 Å². The standard InChI is InChI=1S/C12H18O.C11H16.C10H13N3.2CH4/c1-8-6-10(12(3,4)5)7-9(2)11(8)13;1-9-5-7-10(8-6-9)11(2,3)4;1-10(2,3)8-4-6-9(7-5-8)12-13-11;;/h6-7,13H,1-5H3;5-8H,1-4H3;4-7H,1-3H3;2*1H4. The van der Waals surface area contributed by atoms with Crippen LogP contribution in [0, 0.1) is 20.8 Å². The number of aromatic hydroxyl groups is 1. The molecule has 4 heteroatoms. The molecule has 4 nitrogen and oxygen atoms in total. The number of phenols is 1. The molecule has 0 aliphatic rings. The monoisotopic (exact) mass is 533 g/mol. The molecule has 3 rings (SSSR count). The van der Waals surface area contributed by atoms with Gasteiger partial charge in [0.2, 0.25) is 0 Å². The van der Waals surface area contributed by atoms with Gasteiger partial charge in [0, 0.05) is 10.6 Å². The lowest BCUT2D eigenvalue weighted by atomic mass is 9.85. The molecule has 216 valence electrons. The zero-order chi connectivity index (χ0) is 28.6. The molecule has 39 heavy (non-hydrogen) atoms. The molecule has 0 fully saturated rings. The highest BCUT2D eigenvalue weighted by Crippen LogP contribution is 2.30. The summed E-state index contributed by atoms with van der Waals surface area (Å²) < 4.78 is 0. The first-order valence-corrected chi connectivity index (χ1v) is 12.9. The maximum absolute atomic E-state index is 9.60. The van der Waals surface area contributed by atoms with Crippen molar-refractivity contribution in [2.75, 3.05) is 0 Å². The summed E-state index contributed by atoms with van der Waals surface area (Å²) in [5.74, 6) is 0.424. The highest BCUT2D eigenvalue weighted by Gasteiger charge is 2.16. The fourth-order valence-corrected chi connectivity index (χ4v) is 3.52. The number of nitrogens with zero attached hydrogens (tertiary/aromatic N) is 3. The average molecular weight is 534 g/mol. The predicted octanol–water partition coefficient (Wildman–Crippen LogP) is 11.8. The Hall–Kier alpha value is -3.23. The molecular formula is C35H55N3O. The zero-order valence-corrected chi connectivity index (χ0v) is 25.1. The van der Waals surface area contributed by atoms with E-state index in [0.717, 1.165) is 11.1 Å². The summed E-state index contributed by atoms with van der Waals surface area (Å²) in [4.78, 5) is 2.72. The van der Waals surface area contributed by atoms with Crippen molar-refractivity contribution in [2.24, 2.45) is 5.11 Å². The van der Waals surface area contributed by atoms with E-state index in [2.05, 4.69) is 116 Å². The maximum atomic E-state index is 9.60. The largest absolute Gasteiger partial charge is 0.507 e. The van der Waals surface area contributed by atoms with Gasteiger partial charge in [0.05, 0.1) is 0 Å². The molecule has 0 aromatic heterocycles. The number of aryl methyl sites for hydroxylation is 3. The fraction of sp³-hybridized carbons (Fsp3) is 0.486. The Kier molecular flexibility index (Phi) is 15.0. The Balaban J connectivity index is 0. The molecule has 0 spiro atoms. The van der Waals surface area contributed by atoms with E-state index in [-0.39, 0.29) is 31.1 Å². The van der Waals surface area contributed by atoms with Gasteiger partial charge in [-0.25, -0.2) is 0 Å². The third-order valence-corrected chi connectivity index (χ3v) is 6.17. The van der Waals surface area contributed by atoms with Gasteiger partial charge in [-0.05, 0) is 70.4 Å². The van der Waals surface area contributed by atoms with Crippen LogP contribution in [-0.4, -0.2) is 5.11 Å². The summed E-state index contributed by atoms with van der Waals surface area (Å²) in [5, 5.41) is 13.1. The quantitative estimate of drug-likeness (QED) is 0.188. The topological polar surface area (TPSA) is 69.0 Å². The summed E-state index contributed by atoms with van der Waals surface area (Å²) in [6.45, 7) is 25.7. The van der Waals surface area contributed by atoms with E-state index in [1.54, 1.807) is 0 Å². The lowest BCUT2D eigenvalue weighted by molar-refractivity contribution is 0.465. The van der Waals surface area contributed by atoms with Crippen LogP contribution < -0.4 is 0 Å². The number of phenolic OH excluding ortho intramolecular Hbond substituents is 1. The Bertz CT molecular complexity index is 1160. The lowest BCUT2D eigenvalue weighted by Crippen LogP contribution is -2.11. The van der Waals surface area contributed by atoms with Crippen molar-refractivity contribution in [3.05, 3.63) is 104 Å². The third-order valence-electron chi connectivity index (χ3n) is 6.17. The zero-order valence-electron chi connectivity index (χ0n) is 25.1. The lowest BCUT2D eigenvalue weighted by Gasteiger charge is -2.20. The molecule has 0 bridgehead atoms. The molecule has 0 unspecified atom stereocenters. The van der Waals surface area contributed by atoms with Crippen LogP contribution in [0.1, 0.15) is 111 Å². The molecule has 0 saturated carbocycles. The summed E-state index contributed by atoms with van der Waals surface area (Å²) in [6.07, 6.45) is 0. The minimum absolute atomic E-state index is 0. The van der Waals surface area contributed by atoms with Crippen molar-refractivity contribution in [1.29, 1.82) is 0 Å². The molecule has 0 radical (unpaired) electrons. The van der Waals surface area contributed by atoms with Crippen LogP contribution in [0.15, 0.2) is 65.8 Å². The molecular weight excluding hydrogens is 478 g/mol. The Morgan fingerprint density at radius 3 is 1.23 bits per heavy atom. The van der Waals surface area contributed by atoms with E-state index in [4.69, 9.17) is 5.53 Å². The average Bonchev–Trinajstić information content (AvgIpc) is 2.77. The second kappa shape index (κ2) is 15.4. The highest BCUT2D eigenvalue weighted by molar-refractivity contribution is 5.44. The van der Waals surface area contributed by atoms with Crippen LogP contribution in [0.3, 0.4) is 0 Å². The maximum Gasteiger partial charge on any atom is 0.121 e. The van der Waals surface area contributed by atoms with Crippen LogP contribution in [0.4, 0.5) is 5.69 Å². The van der Waals surface area contributed by atoms with Gasteiger partial charge in [0.25, 0.3) is 0 Å². The molecule has 0 aliphatic heterocycles. The third kappa shape index (κ3) is 12.9. The van der Waals surface area contributed by atoms with Crippen molar-refractivity contribution >= 4 is 5.69 Å². The van der Waals surface area contributed by atoms with Gasteiger partial charge < -0.3 is 5.11 Å². The Morgan fingerprint density at radius 2 is 0.923 bits per heavy atom. The number of rotatable bonds is 1. The molecule has 3 aromatic carbocycles. The summed E-state index contributed by atoms with van der Waals surface area (Å²) >= 11 is 0. The molecule has 0 heterocycles.